The molecule has 0 aliphatic carbocycles. The van der Waals surface area contributed by atoms with Crippen LogP contribution in [-0.2, 0) is 5.41 Å². The third-order valence-electron chi connectivity index (χ3n) is 4.51. The van der Waals surface area contributed by atoms with E-state index >= 15 is 0 Å². The van der Waals surface area contributed by atoms with Gasteiger partial charge < -0.3 is 14.7 Å². The molecule has 2 atom stereocenters. The molecule has 0 saturated carbocycles. The second kappa shape index (κ2) is 3.87. The molecule has 0 amide bonds. The first kappa shape index (κ1) is 12.3. The molecule has 5 nitrogen and oxygen atoms in total. The molecule has 1 aromatic carbocycles. The van der Waals surface area contributed by atoms with E-state index in [1.54, 1.807) is 6.07 Å². The van der Waals surface area contributed by atoms with Gasteiger partial charge in [0.1, 0.15) is 5.75 Å². The Bertz CT molecular complexity index is 545. The van der Waals surface area contributed by atoms with Crippen molar-refractivity contribution >= 4 is 11.8 Å². The van der Waals surface area contributed by atoms with Gasteiger partial charge in [-0.05, 0) is 37.2 Å². The summed E-state index contributed by atoms with van der Waals surface area (Å²) >= 11 is 0. The molecule has 0 bridgehead atoms. The maximum atomic E-state index is 10.7. The number of benzene rings is 1. The van der Waals surface area contributed by atoms with E-state index < -0.39 is 6.16 Å². The van der Waals surface area contributed by atoms with Gasteiger partial charge in [-0.25, -0.2) is 4.79 Å². The minimum atomic E-state index is -1.27. The molecule has 1 fully saturated rings. The van der Waals surface area contributed by atoms with E-state index in [0.29, 0.717) is 11.9 Å². The van der Waals surface area contributed by atoms with E-state index in [2.05, 4.69) is 30.8 Å². The van der Waals surface area contributed by atoms with Crippen LogP contribution in [0.25, 0.3) is 0 Å². The van der Waals surface area contributed by atoms with Crippen LogP contribution in [0, 0.1) is 0 Å². The number of nitrogens with zero attached hydrogens (tertiary/aromatic N) is 2. The number of carboxylic acid groups (broad SMARTS) is 1. The van der Waals surface area contributed by atoms with Gasteiger partial charge in [-0.2, -0.15) is 0 Å². The van der Waals surface area contributed by atoms with E-state index in [9.17, 15) is 4.79 Å². The lowest BCUT2D eigenvalue weighted by molar-refractivity contribution is 0.144. The molecule has 5 heteroatoms. The Morgan fingerprint density at radius 2 is 2.21 bits per heavy atom. The molecule has 1 aromatic rings. The molecule has 2 aliphatic rings. The molecular formula is C14H18N2O3. The normalized spacial score (nSPS) is 29.2. The van der Waals surface area contributed by atoms with Gasteiger partial charge in [0.2, 0.25) is 0 Å². The van der Waals surface area contributed by atoms with Crippen LogP contribution in [0.3, 0.4) is 0 Å². The lowest BCUT2D eigenvalue weighted by Crippen LogP contribution is -2.45. The minimum absolute atomic E-state index is 0.0384. The van der Waals surface area contributed by atoms with Crippen LogP contribution in [0.5, 0.6) is 5.75 Å². The van der Waals surface area contributed by atoms with Crippen molar-refractivity contribution in [2.24, 2.45) is 0 Å². The van der Waals surface area contributed by atoms with Crippen LogP contribution in [0.2, 0.25) is 0 Å². The standard InChI is InChI=1S/C14H18N2O3/c1-14-6-7-15(2)12(14)16(3)11-5-4-9(8-10(11)14)19-13(17)18/h4-5,8,12H,6-7H2,1-3H3,(H,17,18)/t12-,14+/m1/s1. The minimum Gasteiger partial charge on any atom is -0.449 e. The number of carbonyl (C=O) groups is 1. The van der Waals surface area contributed by atoms with Crippen LogP contribution in [0.4, 0.5) is 10.5 Å². The van der Waals surface area contributed by atoms with E-state index in [4.69, 9.17) is 9.84 Å². The number of ether oxygens (including phenoxy) is 1. The molecule has 0 aromatic heterocycles. The highest BCUT2D eigenvalue weighted by atomic mass is 16.7. The summed E-state index contributed by atoms with van der Waals surface area (Å²) in [5, 5.41) is 8.72. The maximum Gasteiger partial charge on any atom is 0.511 e. The molecule has 0 radical (unpaired) electrons. The number of hydrogen-bond acceptors (Lipinski definition) is 4. The summed E-state index contributed by atoms with van der Waals surface area (Å²) in [6.45, 7) is 3.29. The summed E-state index contributed by atoms with van der Waals surface area (Å²) < 4.78 is 4.78. The summed E-state index contributed by atoms with van der Waals surface area (Å²) in [6.07, 6.45) is 0.140. The van der Waals surface area contributed by atoms with Crippen LogP contribution in [0.1, 0.15) is 18.9 Å². The van der Waals surface area contributed by atoms with Gasteiger partial charge in [0, 0.05) is 24.7 Å². The SMILES string of the molecule is CN1CC[C@@]2(C)c3cc(OC(=O)O)ccc3N(C)[C@@H]12. The lowest BCUT2D eigenvalue weighted by Gasteiger charge is -2.32. The van der Waals surface area contributed by atoms with Gasteiger partial charge in [0.25, 0.3) is 0 Å². The van der Waals surface area contributed by atoms with Crippen molar-refractivity contribution in [2.75, 3.05) is 25.5 Å². The van der Waals surface area contributed by atoms with E-state index in [-0.39, 0.29) is 5.41 Å². The van der Waals surface area contributed by atoms with Crippen molar-refractivity contribution in [3.05, 3.63) is 23.8 Å². The molecule has 0 unspecified atom stereocenters. The predicted octanol–water partition coefficient (Wildman–Crippen LogP) is 2.11. The zero-order chi connectivity index (χ0) is 13.8. The van der Waals surface area contributed by atoms with Gasteiger partial charge >= 0.3 is 6.16 Å². The second-order valence-corrected chi connectivity index (χ2v) is 5.68. The number of rotatable bonds is 1. The van der Waals surface area contributed by atoms with Crippen LogP contribution >= 0.6 is 0 Å². The van der Waals surface area contributed by atoms with Crippen molar-refractivity contribution in [3.63, 3.8) is 0 Å². The molecule has 2 aliphatic heterocycles. The monoisotopic (exact) mass is 262 g/mol. The average Bonchev–Trinajstić information content (AvgIpc) is 2.75. The zero-order valence-corrected chi connectivity index (χ0v) is 11.4. The largest absolute Gasteiger partial charge is 0.511 e. The summed E-state index contributed by atoms with van der Waals surface area (Å²) in [7, 11) is 4.22. The Morgan fingerprint density at radius 3 is 2.89 bits per heavy atom. The van der Waals surface area contributed by atoms with Crippen molar-refractivity contribution in [1.29, 1.82) is 0 Å². The molecule has 1 saturated heterocycles. The Hall–Kier alpha value is -1.75. The molecule has 3 rings (SSSR count). The maximum absolute atomic E-state index is 10.7. The number of likely N-dealkylation sites (tertiary alicyclic amines) is 1. The second-order valence-electron chi connectivity index (χ2n) is 5.68. The molecule has 1 N–H and O–H groups in total. The van der Waals surface area contributed by atoms with Crippen molar-refractivity contribution in [1.82, 2.24) is 4.90 Å². The van der Waals surface area contributed by atoms with Gasteiger partial charge in [-0.3, -0.25) is 4.90 Å². The fourth-order valence-electron chi connectivity index (χ4n) is 3.72. The molecule has 19 heavy (non-hydrogen) atoms. The fraction of sp³-hybridized carbons (Fsp3) is 0.500. The Kier molecular flexibility index (Phi) is 2.50. The summed E-state index contributed by atoms with van der Waals surface area (Å²) in [5.74, 6) is 0.399. The summed E-state index contributed by atoms with van der Waals surface area (Å²) in [4.78, 5) is 15.3. The number of hydrogen-bond donors (Lipinski definition) is 1. The van der Waals surface area contributed by atoms with Crippen LogP contribution in [0.15, 0.2) is 18.2 Å². The van der Waals surface area contributed by atoms with Crippen molar-refractivity contribution in [2.45, 2.75) is 24.9 Å². The average molecular weight is 262 g/mol. The Labute approximate surface area is 112 Å². The number of anilines is 1. The number of likely N-dealkylation sites (N-methyl/N-ethyl adjacent to an activating group) is 2. The summed E-state index contributed by atoms with van der Waals surface area (Å²) in [6, 6.07) is 5.54. The third-order valence-corrected chi connectivity index (χ3v) is 4.51. The first-order valence-electron chi connectivity index (χ1n) is 6.42. The van der Waals surface area contributed by atoms with Crippen molar-refractivity contribution in [3.8, 4) is 5.75 Å². The van der Waals surface area contributed by atoms with Gasteiger partial charge in [0.15, 0.2) is 0 Å². The Balaban J connectivity index is 2.06. The zero-order valence-electron chi connectivity index (χ0n) is 11.4. The molecular weight excluding hydrogens is 244 g/mol. The highest BCUT2D eigenvalue weighted by Gasteiger charge is 2.52. The smallest absolute Gasteiger partial charge is 0.449 e. The first-order valence-corrected chi connectivity index (χ1v) is 6.42. The lowest BCUT2D eigenvalue weighted by atomic mass is 9.81. The number of fused-ring (bicyclic) bond motifs is 3. The highest BCUT2D eigenvalue weighted by molar-refractivity contribution is 5.68. The molecule has 2 heterocycles. The highest BCUT2D eigenvalue weighted by Crippen LogP contribution is 2.51. The van der Waals surface area contributed by atoms with Gasteiger partial charge in [-0.15, -0.1) is 0 Å². The molecule has 0 spiro atoms. The van der Waals surface area contributed by atoms with Crippen LogP contribution in [-0.4, -0.2) is 43.0 Å². The topological polar surface area (TPSA) is 53.0 Å². The van der Waals surface area contributed by atoms with Gasteiger partial charge in [-0.1, -0.05) is 6.92 Å². The van der Waals surface area contributed by atoms with Gasteiger partial charge in [0.05, 0.1) is 6.17 Å². The molecule has 102 valence electrons. The van der Waals surface area contributed by atoms with E-state index in [0.717, 1.165) is 18.7 Å². The van der Waals surface area contributed by atoms with Crippen LogP contribution < -0.4 is 9.64 Å². The van der Waals surface area contributed by atoms with E-state index in [1.807, 2.05) is 12.1 Å². The Morgan fingerprint density at radius 1 is 1.47 bits per heavy atom. The van der Waals surface area contributed by atoms with E-state index in [1.165, 1.54) is 5.56 Å². The van der Waals surface area contributed by atoms with Crippen molar-refractivity contribution < 1.29 is 14.6 Å². The summed E-state index contributed by atoms with van der Waals surface area (Å²) in [5.41, 5.74) is 2.39. The fourth-order valence-corrected chi connectivity index (χ4v) is 3.72. The predicted molar refractivity (Wildman–Crippen MR) is 71.9 cm³/mol. The third kappa shape index (κ3) is 1.61. The first-order chi connectivity index (χ1) is 8.93. The quantitative estimate of drug-likeness (QED) is 0.620.